The SMILES string of the molecule is CCCCC(CC)COC1(CNC2CC2)CCCCCC1. The number of hydrogen-bond donors (Lipinski definition) is 1. The van der Waals surface area contributed by atoms with E-state index in [-0.39, 0.29) is 5.60 Å². The molecular weight excluding hydrogens is 258 g/mol. The van der Waals surface area contributed by atoms with Gasteiger partial charge in [-0.3, -0.25) is 0 Å². The molecule has 0 radical (unpaired) electrons. The molecular formula is C19H37NO. The van der Waals surface area contributed by atoms with E-state index in [1.165, 1.54) is 77.0 Å². The fourth-order valence-electron chi connectivity index (χ4n) is 3.56. The molecule has 0 heterocycles. The van der Waals surface area contributed by atoms with Gasteiger partial charge in [-0.25, -0.2) is 0 Å². The van der Waals surface area contributed by atoms with Crippen LogP contribution in [-0.4, -0.2) is 24.8 Å². The summed E-state index contributed by atoms with van der Waals surface area (Å²) in [5.41, 5.74) is 0.152. The van der Waals surface area contributed by atoms with Crippen molar-refractivity contribution in [2.24, 2.45) is 5.92 Å². The largest absolute Gasteiger partial charge is 0.373 e. The lowest BCUT2D eigenvalue weighted by molar-refractivity contribution is -0.0710. The molecule has 0 bridgehead atoms. The van der Waals surface area contributed by atoms with Crippen molar-refractivity contribution in [2.45, 2.75) is 103 Å². The highest BCUT2D eigenvalue weighted by Crippen LogP contribution is 2.32. The molecule has 2 aliphatic rings. The second kappa shape index (κ2) is 9.15. The van der Waals surface area contributed by atoms with Crippen molar-refractivity contribution in [3.8, 4) is 0 Å². The summed E-state index contributed by atoms with van der Waals surface area (Å²) < 4.78 is 6.62. The Balaban J connectivity index is 1.83. The van der Waals surface area contributed by atoms with E-state index >= 15 is 0 Å². The molecule has 0 aromatic rings. The predicted molar refractivity (Wildman–Crippen MR) is 90.7 cm³/mol. The highest BCUT2D eigenvalue weighted by molar-refractivity contribution is 4.90. The Hall–Kier alpha value is -0.0800. The molecule has 1 unspecified atom stereocenters. The summed E-state index contributed by atoms with van der Waals surface area (Å²) >= 11 is 0. The summed E-state index contributed by atoms with van der Waals surface area (Å²) in [6.07, 6.45) is 16.1. The second-order valence-electron chi connectivity index (χ2n) is 7.48. The third-order valence-electron chi connectivity index (χ3n) is 5.47. The Morgan fingerprint density at radius 3 is 2.38 bits per heavy atom. The van der Waals surface area contributed by atoms with Crippen molar-refractivity contribution in [3.63, 3.8) is 0 Å². The maximum atomic E-state index is 6.62. The number of nitrogens with one attached hydrogen (secondary N) is 1. The molecule has 0 aromatic carbocycles. The molecule has 21 heavy (non-hydrogen) atoms. The molecule has 2 fully saturated rings. The monoisotopic (exact) mass is 295 g/mol. The highest BCUT2D eigenvalue weighted by atomic mass is 16.5. The van der Waals surface area contributed by atoms with Crippen LogP contribution in [-0.2, 0) is 4.74 Å². The molecule has 2 saturated carbocycles. The van der Waals surface area contributed by atoms with Crippen LogP contribution in [0.15, 0.2) is 0 Å². The minimum absolute atomic E-state index is 0.152. The van der Waals surface area contributed by atoms with Gasteiger partial charge in [0.2, 0.25) is 0 Å². The molecule has 1 N–H and O–H groups in total. The smallest absolute Gasteiger partial charge is 0.0806 e. The van der Waals surface area contributed by atoms with E-state index in [4.69, 9.17) is 4.74 Å². The molecule has 0 aliphatic heterocycles. The first-order chi connectivity index (χ1) is 10.3. The van der Waals surface area contributed by atoms with Crippen molar-refractivity contribution in [1.29, 1.82) is 0 Å². The number of rotatable bonds is 10. The molecule has 2 nitrogen and oxygen atoms in total. The third-order valence-corrected chi connectivity index (χ3v) is 5.47. The molecule has 2 heteroatoms. The Morgan fingerprint density at radius 2 is 1.81 bits per heavy atom. The van der Waals surface area contributed by atoms with Gasteiger partial charge in [-0.05, 0) is 38.0 Å². The maximum Gasteiger partial charge on any atom is 0.0806 e. The first-order valence-electron chi connectivity index (χ1n) is 9.65. The summed E-state index contributed by atoms with van der Waals surface area (Å²) in [4.78, 5) is 0. The zero-order chi connectivity index (χ0) is 15.0. The van der Waals surface area contributed by atoms with Crippen molar-refractivity contribution >= 4 is 0 Å². The maximum absolute atomic E-state index is 6.62. The topological polar surface area (TPSA) is 21.3 Å². The van der Waals surface area contributed by atoms with Crippen LogP contribution in [0.3, 0.4) is 0 Å². The molecule has 1 atom stereocenters. The normalized spacial score (nSPS) is 23.7. The van der Waals surface area contributed by atoms with Crippen LogP contribution in [0.5, 0.6) is 0 Å². The van der Waals surface area contributed by atoms with Crippen molar-refractivity contribution in [2.75, 3.05) is 13.2 Å². The van der Waals surface area contributed by atoms with Crippen LogP contribution in [0, 0.1) is 5.92 Å². The summed E-state index contributed by atoms with van der Waals surface area (Å²) in [5, 5.41) is 3.75. The van der Waals surface area contributed by atoms with Crippen LogP contribution < -0.4 is 5.32 Å². The van der Waals surface area contributed by atoms with Crippen LogP contribution in [0.2, 0.25) is 0 Å². The zero-order valence-electron chi connectivity index (χ0n) is 14.5. The number of hydrogen-bond acceptors (Lipinski definition) is 2. The molecule has 0 aromatic heterocycles. The second-order valence-corrected chi connectivity index (χ2v) is 7.48. The highest BCUT2D eigenvalue weighted by Gasteiger charge is 2.34. The van der Waals surface area contributed by atoms with Gasteiger partial charge in [0.05, 0.1) is 12.2 Å². The Morgan fingerprint density at radius 1 is 1.10 bits per heavy atom. The van der Waals surface area contributed by atoms with Gasteiger partial charge in [0, 0.05) is 12.6 Å². The number of ether oxygens (including phenoxy) is 1. The quantitative estimate of drug-likeness (QED) is 0.568. The van der Waals surface area contributed by atoms with Gasteiger partial charge in [-0.1, -0.05) is 58.8 Å². The molecule has 2 aliphatic carbocycles. The Labute approximate surface area is 132 Å². The van der Waals surface area contributed by atoms with E-state index in [1.54, 1.807) is 0 Å². The summed E-state index contributed by atoms with van der Waals surface area (Å²) in [6, 6.07) is 0.802. The Kier molecular flexibility index (Phi) is 7.53. The average molecular weight is 296 g/mol. The first kappa shape index (κ1) is 17.3. The van der Waals surface area contributed by atoms with Crippen LogP contribution in [0.1, 0.15) is 90.9 Å². The minimum atomic E-state index is 0.152. The number of unbranched alkanes of at least 4 members (excludes halogenated alkanes) is 1. The van der Waals surface area contributed by atoms with E-state index in [2.05, 4.69) is 19.2 Å². The van der Waals surface area contributed by atoms with Gasteiger partial charge in [0.15, 0.2) is 0 Å². The van der Waals surface area contributed by atoms with Crippen molar-refractivity contribution in [3.05, 3.63) is 0 Å². The molecule has 2 rings (SSSR count). The standard InChI is InChI=1S/C19H37NO/c1-3-5-10-17(4-2)15-21-19(16-20-18-11-12-18)13-8-6-7-9-14-19/h17-18,20H,3-16H2,1-2H3. The molecule has 0 saturated heterocycles. The zero-order valence-corrected chi connectivity index (χ0v) is 14.5. The van der Waals surface area contributed by atoms with E-state index in [9.17, 15) is 0 Å². The van der Waals surface area contributed by atoms with E-state index in [1.807, 2.05) is 0 Å². The minimum Gasteiger partial charge on any atom is -0.373 e. The Bertz CT molecular complexity index is 267. The van der Waals surface area contributed by atoms with Gasteiger partial charge in [-0.15, -0.1) is 0 Å². The lowest BCUT2D eigenvalue weighted by Gasteiger charge is -2.35. The average Bonchev–Trinajstić information content (AvgIpc) is 3.33. The van der Waals surface area contributed by atoms with Crippen molar-refractivity contribution < 1.29 is 4.74 Å². The van der Waals surface area contributed by atoms with Gasteiger partial charge >= 0.3 is 0 Å². The van der Waals surface area contributed by atoms with Gasteiger partial charge in [0.25, 0.3) is 0 Å². The summed E-state index contributed by atoms with van der Waals surface area (Å²) in [7, 11) is 0. The summed E-state index contributed by atoms with van der Waals surface area (Å²) in [6.45, 7) is 6.70. The van der Waals surface area contributed by atoms with Crippen LogP contribution in [0.25, 0.3) is 0 Å². The predicted octanol–water partition coefficient (Wildman–Crippen LogP) is 5.06. The van der Waals surface area contributed by atoms with E-state index in [0.717, 1.165) is 25.1 Å². The fourth-order valence-corrected chi connectivity index (χ4v) is 3.56. The van der Waals surface area contributed by atoms with Crippen LogP contribution >= 0.6 is 0 Å². The molecule has 0 amide bonds. The van der Waals surface area contributed by atoms with Crippen LogP contribution in [0.4, 0.5) is 0 Å². The van der Waals surface area contributed by atoms with Gasteiger partial charge < -0.3 is 10.1 Å². The molecule has 124 valence electrons. The van der Waals surface area contributed by atoms with E-state index in [0.29, 0.717) is 0 Å². The lowest BCUT2D eigenvalue weighted by Crippen LogP contribution is -2.44. The fraction of sp³-hybridized carbons (Fsp3) is 1.00. The van der Waals surface area contributed by atoms with Gasteiger partial charge in [0.1, 0.15) is 0 Å². The first-order valence-corrected chi connectivity index (χ1v) is 9.65. The molecule has 0 spiro atoms. The van der Waals surface area contributed by atoms with Crippen molar-refractivity contribution in [1.82, 2.24) is 5.32 Å². The third kappa shape index (κ3) is 6.28. The van der Waals surface area contributed by atoms with E-state index < -0.39 is 0 Å². The summed E-state index contributed by atoms with van der Waals surface area (Å²) in [5.74, 6) is 0.769. The van der Waals surface area contributed by atoms with Gasteiger partial charge in [-0.2, -0.15) is 0 Å². The lowest BCUT2D eigenvalue weighted by atomic mass is 9.93.